The van der Waals surface area contributed by atoms with Gasteiger partial charge in [-0.25, -0.2) is 4.79 Å². The zero-order valence-electron chi connectivity index (χ0n) is 15.9. The van der Waals surface area contributed by atoms with E-state index in [0.29, 0.717) is 22.6 Å². The molecule has 10 nitrogen and oxygen atoms in total. The molecule has 1 heterocycles. The number of rotatable bonds is 7. The van der Waals surface area contributed by atoms with Crippen LogP contribution >= 0.6 is 0 Å². The maximum Gasteiger partial charge on any atom is 0.338 e. The van der Waals surface area contributed by atoms with Crippen LogP contribution in [-0.2, 0) is 11.3 Å². The van der Waals surface area contributed by atoms with Gasteiger partial charge in [0.1, 0.15) is 11.5 Å². The molecule has 0 atom stereocenters. The second-order valence-electron chi connectivity index (χ2n) is 5.91. The number of esters is 1. The largest absolute Gasteiger partial charge is 0.497 e. The van der Waals surface area contributed by atoms with Crippen LogP contribution in [0.15, 0.2) is 40.9 Å². The van der Waals surface area contributed by atoms with E-state index in [-0.39, 0.29) is 29.6 Å². The van der Waals surface area contributed by atoms with E-state index in [9.17, 15) is 14.9 Å². The number of carbonyl (C=O) groups excluding carboxylic acids is 1. The van der Waals surface area contributed by atoms with E-state index in [4.69, 9.17) is 18.7 Å². The van der Waals surface area contributed by atoms with E-state index in [1.807, 2.05) is 0 Å². The molecule has 1 aromatic heterocycles. The fraction of sp³-hybridized carbons (Fsp3) is 0.211. The number of nitro groups is 1. The van der Waals surface area contributed by atoms with Crippen LogP contribution in [0.25, 0.3) is 11.4 Å². The second-order valence-corrected chi connectivity index (χ2v) is 5.91. The molecule has 0 fully saturated rings. The lowest BCUT2D eigenvalue weighted by Crippen LogP contribution is -2.06. The van der Waals surface area contributed by atoms with Gasteiger partial charge in [-0.05, 0) is 25.1 Å². The molecule has 0 radical (unpaired) electrons. The molecule has 0 aliphatic heterocycles. The van der Waals surface area contributed by atoms with Crippen molar-refractivity contribution in [2.75, 3.05) is 14.2 Å². The standard InChI is InChI=1S/C19H17N3O7/c1-11-4-5-12(8-15(11)22(24)25)19(23)28-10-17-20-18(21-29-17)14-7-6-13(26-2)9-16(14)27-3/h4-9H,10H2,1-3H3. The number of nitro benzene ring substituents is 1. The average molecular weight is 399 g/mol. The quantitative estimate of drug-likeness (QED) is 0.334. The van der Waals surface area contributed by atoms with Crippen LogP contribution in [0.3, 0.4) is 0 Å². The molecule has 0 aliphatic carbocycles. The lowest BCUT2D eigenvalue weighted by molar-refractivity contribution is -0.385. The molecule has 3 aromatic rings. The highest BCUT2D eigenvalue weighted by molar-refractivity contribution is 5.90. The molecule has 10 heteroatoms. The number of aromatic nitrogens is 2. The van der Waals surface area contributed by atoms with E-state index < -0.39 is 10.9 Å². The summed E-state index contributed by atoms with van der Waals surface area (Å²) in [4.78, 5) is 26.8. The number of ether oxygens (including phenoxy) is 3. The minimum atomic E-state index is -0.741. The number of aryl methyl sites for hydroxylation is 1. The van der Waals surface area contributed by atoms with Crippen molar-refractivity contribution in [2.24, 2.45) is 0 Å². The molecule has 3 rings (SSSR count). The van der Waals surface area contributed by atoms with Gasteiger partial charge in [0.15, 0.2) is 6.61 Å². The molecule has 0 saturated carbocycles. The van der Waals surface area contributed by atoms with Crippen molar-refractivity contribution < 1.29 is 28.5 Å². The highest BCUT2D eigenvalue weighted by atomic mass is 16.6. The van der Waals surface area contributed by atoms with Crippen LogP contribution in [-0.4, -0.2) is 35.3 Å². The van der Waals surface area contributed by atoms with Gasteiger partial charge in [0.25, 0.3) is 11.6 Å². The molecule has 150 valence electrons. The van der Waals surface area contributed by atoms with Crippen molar-refractivity contribution in [3.63, 3.8) is 0 Å². The Morgan fingerprint density at radius 1 is 1.17 bits per heavy atom. The van der Waals surface area contributed by atoms with Crippen molar-refractivity contribution in [2.45, 2.75) is 13.5 Å². The zero-order valence-corrected chi connectivity index (χ0v) is 15.9. The first-order valence-corrected chi connectivity index (χ1v) is 8.40. The first-order chi connectivity index (χ1) is 13.9. The van der Waals surface area contributed by atoms with Gasteiger partial charge < -0.3 is 18.7 Å². The van der Waals surface area contributed by atoms with Crippen molar-refractivity contribution in [1.29, 1.82) is 0 Å². The van der Waals surface area contributed by atoms with Crippen LogP contribution in [0.2, 0.25) is 0 Å². The Hall–Kier alpha value is -3.95. The number of nitrogens with zero attached hydrogens (tertiary/aromatic N) is 3. The highest BCUT2D eigenvalue weighted by Gasteiger charge is 2.18. The van der Waals surface area contributed by atoms with Gasteiger partial charge in [0, 0.05) is 17.7 Å². The Bertz CT molecular complexity index is 1060. The Morgan fingerprint density at radius 3 is 2.66 bits per heavy atom. The van der Waals surface area contributed by atoms with E-state index in [1.165, 1.54) is 32.4 Å². The third-order valence-corrected chi connectivity index (χ3v) is 4.09. The molecule has 2 aromatic carbocycles. The van der Waals surface area contributed by atoms with Gasteiger partial charge in [-0.1, -0.05) is 11.2 Å². The summed E-state index contributed by atoms with van der Waals surface area (Å²) in [7, 11) is 3.04. The molecule has 0 amide bonds. The Morgan fingerprint density at radius 2 is 1.97 bits per heavy atom. The highest BCUT2D eigenvalue weighted by Crippen LogP contribution is 2.31. The number of hydrogen-bond donors (Lipinski definition) is 0. The van der Waals surface area contributed by atoms with Crippen LogP contribution in [0.4, 0.5) is 5.69 Å². The molecular formula is C19H17N3O7. The lowest BCUT2D eigenvalue weighted by atomic mass is 10.1. The third-order valence-electron chi connectivity index (χ3n) is 4.09. The topological polar surface area (TPSA) is 127 Å². The Labute approximate surface area is 165 Å². The number of carbonyl (C=O) groups is 1. The van der Waals surface area contributed by atoms with Crippen molar-refractivity contribution >= 4 is 11.7 Å². The third kappa shape index (κ3) is 4.32. The summed E-state index contributed by atoms with van der Waals surface area (Å²) in [6.07, 6.45) is 0. The summed E-state index contributed by atoms with van der Waals surface area (Å²) in [6, 6.07) is 9.21. The summed E-state index contributed by atoms with van der Waals surface area (Å²) in [5, 5.41) is 14.9. The van der Waals surface area contributed by atoms with Crippen molar-refractivity contribution in [1.82, 2.24) is 10.1 Å². The minimum absolute atomic E-state index is 0.0545. The Kier molecular flexibility index (Phi) is 5.72. The van der Waals surface area contributed by atoms with Crippen molar-refractivity contribution in [3.8, 4) is 22.9 Å². The smallest absolute Gasteiger partial charge is 0.338 e. The van der Waals surface area contributed by atoms with E-state index in [0.717, 1.165) is 0 Å². The fourth-order valence-corrected chi connectivity index (χ4v) is 2.55. The molecule has 29 heavy (non-hydrogen) atoms. The number of hydrogen-bond acceptors (Lipinski definition) is 9. The predicted molar refractivity (Wildman–Crippen MR) is 99.8 cm³/mol. The Balaban J connectivity index is 1.72. The summed E-state index contributed by atoms with van der Waals surface area (Å²) in [5.74, 6) is 0.667. The normalized spacial score (nSPS) is 10.4. The average Bonchev–Trinajstić information content (AvgIpc) is 3.20. The van der Waals surface area contributed by atoms with Gasteiger partial charge in [-0.3, -0.25) is 10.1 Å². The maximum absolute atomic E-state index is 12.2. The van der Waals surface area contributed by atoms with E-state index in [2.05, 4.69) is 10.1 Å². The van der Waals surface area contributed by atoms with E-state index >= 15 is 0 Å². The zero-order chi connectivity index (χ0) is 21.0. The molecule has 0 spiro atoms. The minimum Gasteiger partial charge on any atom is -0.497 e. The number of benzene rings is 2. The van der Waals surface area contributed by atoms with E-state index in [1.54, 1.807) is 25.1 Å². The van der Waals surface area contributed by atoms with Crippen LogP contribution in [0, 0.1) is 17.0 Å². The van der Waals surface area contributed by atoms with Crippen LogP contribution < -0.4 is 9.47 Å². The summed E-state index contributed by atoms with van der Waals surface area (Å²) in [5.41, 5.74) is 0.912. The van der Waals surface area contributed by atoms with Gasteiger partial charge in [-0.2, -0.15) is 4.98 Å². The second kappa shape index (κ2) is 8.38. The van der Waals surface area contributed by atoms with Crippen LogP contribution in [0.5, 0.6) is 11.5 Å². The molecule has 0 N–H and O–H groups in total. The first-order valence-electron chi connectivity index (χ1n) is 8.40. The fourth-order valence-electron chi connectivity index (χ4n) is 2.55. The van der Waals surface area contributed by atoms with Crippen molar-refractivity contribution in [3.05, 3.63) is 63.5 Å². The van der Waals surface area contributed by atoms with Gasteiger partial charge in [0.05, 0.1) is 30.3 Å². The van der Waals surface area contributed by atoms with Gasteiger partial charge >= 0.3 is 5.97 Å². The monoisotopic (exact) mass is 399 g/mol. The lowest BCUT2D eigenvalue weighted by Gasteiger charge is -2.07. The molecular weight excluding hydrogens is 382 g/mol. The maximum atomic E-state index is 12.2. The molecule has 0 saturated heterocycles. The SMILES string of the molecule is COc1ccc(-c2noc(COC(=O)c3ccc(C)c([N+](=O)[O-])c3)n2)c(OC)c1. The summed E-state index contributed by atoms with van der Waals surface area (Å²) >= 11 is 0. The molecule has 0 aliphatic rings. The van der Waals surface area contributed by atoms with Crippen LogP contribution in [0.1, 0.15) is 21.8 Å². The number of methoxy groups -OCH3 is 2. The first kappa shape index (κ1) is 19.8. The molecule has 0 bridgehead atoms. The molecule has 0 unspecified atom stereocenters. The van der Waals surface area contributed by atoms with Gasteiger partial charge in [-0.15, -0.1) is 0 Å². The van der Waals surface area contributed by atoms with Gasteiger partial charge in [0.2, 0.25) is 5.82 Å². The summed E-state index contributed by atoms with van der Waals surface area (Å²) in [6.45, 7) is 1.30. The predicted octanol–water partition coefficient (Wildman–Crippen LogP) is 3.33. The summed E-state index contributed by atoms with van der Waals surface area (Å²) < 4.78 is 20.7.